The molecule has 0 aliphatic rings. The highest BCUT2D eigenvalue weighted by molar-refractivity contribution is 7.89. The largest absolute Gasteiger partial charge is 0.244 e. The summed E-state index contributed by atoms with van der Waals surface area (Å²) in [7, 11) is -3.71. The first kappa shape index (κ1) is 15.1. The zero-order valence-corrected chi connectivity index (χ0v) is 11.8. The molecular weight excluding hydrogens is 293 g/mol. The number of benzene rings is 1. The molecule has 1 aromatic heterocycles. The Hall–Kier alpha value is -2.30. The minimum Gasteiger partial charge on any atom is -0.244 e. The number of nitrogens with one attached hydrogen (secondary N) is 1. The fourth-order valence-corrected chi connectivity index (χ4v) is 2.69. The minimum absolute atomic E-state index is 0.0324. The van der Waals surface area contributed by atoms with E-state index < -0.39 is 10.0 Å². The van der Waals surface area contributed by atoms with Crippen molar-refractivity contribution >= 4 is 10.0 Å². The monoisotopic (exact) mass is 305 g/mol. The molecule has 108 valence electrons. The van der Waals surface area contributed by atoms with Gasteiger partial charge in [-0.2, -0.15) is 5.26 Å². The van der Waals surface area contributed by atoms with Gasteiger partial charge in [-0.15, -0.1) is 0 Å². The van der Waals surface area contributed by atoms with Crippen LogP contribution in [-0.2, 0) is 16.4 Å². The molecule has 0 atom stereocenters. The summed E-state index contributed by atoms with van der Waals surface area (Å²) in [4.78, 5) is 3.67. The summed E-state index contributed by atoms with van der Waals surface area (Å²) in [5.41, 5.74) is 0.582. The van der Waals surface area contributed by atoms with Crippen LogP contribution in [-0.4, -0.2) is 19.9 Å². The van der Waals surface area contributed by atoms with E-state index in [1.165, 1.54) is 18.2 Å². The smallest absolute Gasteiger partial charge is 0.242 e. The lowest BCUT2D eigenvalue weighted by Gasteiger charge is -2.07. The summed E-state index contributed by atoms with van der Waals surface area (Å²) in [6.45, 7) is 0.0727. The number of aromatic nitrogens is 1. The van der Waals surface area contributed by atoms with Crippen molar-refractivity contribution in [1.82, 2.24) is 9.71 Å². The third-order valence-electron chi connectivity index (χ3n) is 2.81. The molecule has 7 heteroatoms. The second-order valence-electron chi connectivity index (χ2n) is 4.23. The van der Waals surface area contributed by atoms with E-state index >= 15 is 0 Å². The van der Waals surface area contributed by atoms with Crippen molar-refractivity contribution in [1.29, 1.82) is 5.26 Å². The molecule has 0 aliphatic carbocycles. The molecule has 0 radical (unpaired) electrons. The van der Waals surface area contributed by atoms with Crippen molar-refractivity contribution in [2.45, 2.75) is 11.3 Å². The fraction of sp³-hybridized carbons (Fsp3) is 0.143. The molecule has 0 spiro atoms. The van der Waals surface area contributed by atoms with Crippen LogP contribution in [0.1, 0.15) is 11.3 Å². The van der Waals surface area contributed by atoms with Crippen LogP contribution >= 0.6 is 0 Å². The molecule has 0 bridgehead atoms. The maximum absolute atomic E-state index is 13.4. The number of nitriles is 1. The molecule has 21 heavy (non-hydrogen) atoms. The van der Waals surface area contributed by atoms with Gasteiger partial charge in [-0.05, 0) is 30.2 Å². The highest BCUT2D eigenvalue weighted by atomic mass is 32.2. The van der Waals surface area contributed by atoms with Gasteiger partial charge in [0.25, 0.3) is 0 Å². The Bertz CT molecular complexity index is 768. The van der Waals surface area contributed by atoms with Gasteiger partial charge in [-0.3, -0.25) is 0 Å². The zero-order chi connectivity index (χ0) is 15.3. The van der Waals surface area contributed by atoms with Gasteiger partial charge in [0.05, 0.1) is 0 Å². The molecule has 5 nitrogen and oxygen atoms in total. The van der Waals surface area contributed by atoms with Crippen molar-refractivity contribution in [3.05, 3.63) is 59.7 Å². The van der Waals surface area contributed by atoms with Gasteiger partial charge in [0.1, 0.15) is 22.5 Å². The second-order valence-corrected chi connectivity index (χ2v) is 6.00. The third-order valence-corrected chi connectivity index (χ3v) is 4.25. The van der Waals surface area contributed by atoms with E-state index in [2.05, 4.69) is 9.71 Å². The number of nitrogens with zero attached hydrogens (tertiary/aromatic N) is 2. The Balaban J connectivity index is 2.01. The number of hydrogen-bond donors (Lipinski definition) is 1. The highest BCUT2D eigenvalue weighted by Gasteiger charge is 2.14. The molecular formula is C14H12FN3O2S. The first-order valence-electron chi connectivity index (χ1n) is 6.12. The normalized spacial score (nSPS) is 11.0. The van der Waals surface area contributed by atoms with Gasteiger partial charge in [-0.1, -0.05) is 18.2 Å². The Labute approximate surface area is 122 Å². The Morgan fingerprint density at radius 1 is 1.24 bits per heavy atom. The molecule has 1 aromatic carbocycles. The van der Waals surface area contributed by atoms with Gasteiger partial charge in [-0.25, -0.2) is 22.5 Å². The van der Waals surface area contributed by atoms with E-state index in [-0.39, 0.29) is 29.4 Å². The maximum Gasteiger partial charge on any atom is 0.242 e. The van der Waals surface area contributed by atoms with Crippen LogP contribution in [0.4, 0.5) is 4.39 Å². The topological polar surface area (TPSA) is 82.8 Å². The van der Waals surface area contributed by atoms with Gasteiger partial charge < -0.3 is 0 Å². The van der Waals surface area contributed by atoms with E-state index in [9.17, 15) is 12.8 Å². The lowest BCUT2D eigenvalue weighted by molar-refractivity contribution is 0.577. The molecule has 1 N–H and O–H groups in total. The van der Waals surface area contributed by atoms with Crippen molar-refractivity contribution < 1.29 is 12.8 Å². The molecule has 0 aliphatic heterocycles. The van der Waals surface area contributed by atoms with Crippen LogP contribution in [0, 0.1) is 17.1 Å². The van der Waals surface area contributed by atoms with Crippen LogP contribution in [0.2, 0.25) is 0 Å². The number of hydrogen-bond acceptors (Lipinski definition) is 4. The van der Waals surface area contributed by atoms with Crippen LogP contribution < -0.4 is 4.72 Å². The van der Waals surface area contributed by atoms with Crippen molar-refractivity contribution in [3.8, 4) is 6.07 Å². The fourth-order valence-electron chi connectivity index (χ4n) is 1.71. The van der Waals surface area contributed by atoms with Crippen molar-refractivity contribution in [2.24, 2.45) is 0 Å². The summed E-state index contributed by atoms with van der Waals surface area (Å²) < 4.78 is 39.7. The molecule has 0 fully saturated rings. The van der Waals surface area contributed by atoms with Crippen LogP contribution in [0.3, 0.4) is 0 Å². The minimum atomic E-state index is -3.71. The Morgan fingerprint density at radius 2 is 2.00 bits per heavy atom. The molecule has 0 saturated carbocycles. The quantitative estimate of drug-likeness (QED) is 0.909. The predicted octanol–water partition coefficient (Wildman–Crippen LogP) is 1.61. The Kier molecular flexibility index (Phi) is 4.62. The zero-order valence-electron chi connectivity index (χ0n) is 11.0. The number of pyridine rings is 1. The summed E-state index contributed by atoms with van der Waals surface area (Å²) in [5.74, 6) is -0.364. The van der Waals surface area contributed by atoms with Gasteiger partial charge in [0.2, 0.25) is 10.0 Å². The third kappa shape index (κ3) is 3.84. The average molecular weight is 305 g/mol. The van der Waals surface area contributed by atoms with Crippen molar-refractivity contribution in [3.63, 3.8) is 0 Å². The summed E-state index contributed by atoms with van der Waals surface area (Å²) in [5, 5.41) is 8.61. The molecule has 0 unspecified atom stereocenters. The standard InChI is InChI=1S/C14H12FN3O2S/c15-14-4-2-1-3-11(14)7-8-18-21(19,20)13-6-5-12(9-16)17-10-13/h1-6,10,18H,7-8H2. The van der Waals surface area contributed by atoms with E-state index in [0.717, 1.165) is 6.20 Å². The van der Waals surface area contributed by atoms with E-state index in [0.29, 0.717) is 5.56 Å². The molecule has 2 rings (SSSR count). The lowest BCUT2D eigenvalue weighted by Crippen LogP contribution is -2.26. The number of rotatable bonds is 5. The van der Waals surface area contributed by atoms with Crippen LogP contribution in [0.5, 0.6) is 0 Å². The van der Waals surface area contributed by atoms with Gasteiger partial charge >= 0.3 is 0 Å². The molecule has 2 aromatic rings. The van der Waals surface area contributed by atoms with Gasteiger partial charge in [0, 0.05) is 12.7 Å². The maximum atomic E-state index is 13.4. The first-order valence-corrected chi connectivity index (χ1v) is 7.60. The number of halogens is 1. The molecule has 0 amide bonds. The van der Waals surface area contributed by atoms with Crippen LogP contribution in [0.25, 0.3) is 0 Å². The highest BCUT2D eigenvalue weighted by Crippen LogP contribution is 2.09. The lowest BCUT2D eigenvalue weighted by atomic mass is 10.1. The molecule has 1 heterocycles. The first-order chi connectivity index (χ1) is 10.0. The van der Waals surface area contributed by atoms with E-state index in [1.54, 1.807) is 18.2 Å². The predicted molar refractivity (Wildman–Crippen MR) is 74.2 cm³/mol. The van der Waals surface area contributed by atoms with Crippen molar-refractivity contribution in [2.75, 3.05) is 6.54 Å². The van der Waals surface area contributed by atoms with E-state index in [1.807, 2.05) is 6.07 Å². The molecule has 0 saturated heterocycles. The van der Waals surface area contributed by atoms with E-state index in [4.69, 9.17) is 5.26 Å². The average Bonchev–Trinajstić information content (AvgIpc) is 2.49. The summed E-state index contributed by atoms with van der Waals surface area (Å²) in [6, 6.07) is 10.6. The second kappa shape index (κ2) is 6.43. The van der Waals surface area contributed by atoms with Crippen LogP contribution in [0.15, 0.2) is 47.5 Å². The van der Waals surface area contributed by atoms with Gasteiger partial charge in [0.15, 0.2) is 0 Å². The number of sulfonamides is 1. The Morgan fingerprint density at radius 3 is 2.62 bits per heavy atom. The summed E-state index contributed by atoms with van der Waals surface area (Å²) >= 11 is 0. The SMILES string of the molecule is N#Cc1ccc(S(=O)(=O)NCCc2ccccc2F)cn1. The summed E-state index contributed by atoms with van der Waals surface area (Å²) in [6.07, 6.45) is 1.36.